The molecule has 0 amide bonds. The molecule has 1 aliphatic rings. The van der Waals surface area contributed by atoms with Crippen LogP contribution in [0.4, 0.5) is 23.0 Å². The van der Waals surface area contributed by atoms with E-state index < -0.39 is 0 Å². The van der Waals surface area contributed by atoms with Crippen LogP contribution in [0.5, 0.6) is 0 Å². The molecule has 1 fully saturated rings. The van der Waals surface area contributed by atoms with E-state index in [-0.39, 0.29) is 12.5 Å². The number of morpholine rings is 1. The molecule has 0 saturated carbocycles. The van der Waals surface area contributed by atoms with Gasteiger partial charge >= 0.3 is 5.97 Å². The van der Waals surface area contributed by atoms with Crippen LogP contribution in [0.25, 0.3) is 0 Å². The van der Waals surface area contributed by atoms with Crippen molar-refractivity contribution in [1.82, 2.24) is 14.9 Å². The highest BCUT2D eigenvalue weighted by Crippen LogP contribution is 2.32. The Balaban J connectivity index is 1.82. The summed E-state index contributed by atoms with van der Waals surface area (Å²) in [5, 5.41) is 15.1. The van der Waals surface area contributed by atoms with Gasteiger partial charge in [-0.15, -0.1) is 5.11 Å². The number of nitrogens with zero attached hydrogens (tertiary/aromatic N) is 5. The number of carbonyl (C=O) groups is 1. The fourth-order valence-corrected chi connectivity index (χ4v) is 3.18. The lowest BCUT2D eigenvalue weighted by atomic mass is 10.3. The number of benzene rings is 1. The number of aromatic nitrogens is 2. The minimum Gasteiger partial charge on any atom is -0.465 e. The van der Waals surface area contributed by atoms with E-state index in [0.717, 1.165) is 32.8 Å². The van der Waals surface area contributed by atoms with E-state index in [1.54, 1.807) is 6.92 Å². The molecule has 0 aliphatic carbocycles. The van der Waals surface area contributed by atoms with Crippen molar-refractivity contribution < 1.29 is 14.3 Å². The van der Waals surface area contributed by atoms with Gasteiger partial charge in [0.25, 0.3) is 0 Å². The summed E-state index contributed by atoms with van der Waals surface area (Å²) in [4.78, 5) is 23.2. The molecular weight excluding hydrogens is 430 g/mol. The van der Waals surface area contributed by atoms with Crippen molar-refractivity contribution in [3.63, 3.8) is 0 Å². The summed E-state index contributed by atoms with van der Waals surface area (Å²) in [7, 11) is 0. The third-order valence-electron chi connectivity index (χ3n) is 4.62. The van der Waals surface area contributed by atoms with Crippen molar-refractivity contribution in [1.29, 1.82) is 0 Å². The number of hydrogen-bond donors (Lipinski definition) is 3. The highest BCUT2D eigenvalue weighted by atomic mass is 32.1. The number of carbonyl (C=O) groups excluding carboxylic acids is 1. The number of rotatable bonds is 11. The maximum Gasteiger partial charge on any atom is 0.325 e. The molecule has 10 nitrogen and oxygen atoms in total. The summed E-state index contributed by atoms with van der Waals surface area (Å²) in [6.45, 7) is 6.82. The van der Waals surface area contributed by atoms with Crippen molar-refractivity contribution in [2.45, 2.75) is 12.7 Å². The molecular formula is C21H29N7O3S. The Morgan fingerprint density at radius 2 is 1.88 bits per heavy atom. The second-order valence-electron chi connectivity index (χ2n) is 6.92. The zero-order valence-corrected chi connectivity index (χ0v) is 19.1. The van der Waals surface area contributed by atoms with Gasteiger partial charge in [0.15, 0.2) is 17.3 Å². The van der Waals surface area contributed by atoms with E-state index in [4.69, 9.17) is 9.47 Å². The van der Waals surface area contributed by atoms with Crippen LogP contribution in [0.1, 0.15) is 12.7 Å². The van der Waals surface area contributed by atoms with E-state index in [1.165, 1.54) is 0 Å². The van der Waals surface area contributed by atoms with Crippen LogP contribution in [0.15, 0.2) is 40.6 Å². The average molecular weight is 460 g/mol. The monoisotopic (exact) mass is 459 g/mol. The second kappa shape index (κ2) is 12.9. The summed E-state index contributed by atoms with van der Waals surface area (Å²) in [6, 6.07) is 9.38. The first-order valence-electron chi connectivity index (χ1n) is 10.6. The Morgan fingerprint density at radius 1 is 1.16 bits per heavy atom. The van der Waals surface area contributed by atoms with Gasteiger partial charge in [0, 0.05) is 26.2 Å². The van der Waals surface area contributed by atoms with Crippen LogP contribution >= 0.6 is 12.6 Å². The highest BCUT2D eigenvalue weighted by molar-refractivity contribution is 7.79. The number of hydrogen-bond acceptors (Lipinski definition) is 11. The Morgan fingerprint density at radius 3 is 2.56 bits per heavy atom. The second-order valence-corrected chi connectivity index (χ2v) is 7.23. The first kappa shape index (κ1) is 23.9. The van der Waals surface area contributed by atoms with E-state index in [0.29, 0.717) is 47.7 Å². The van der Waals surface area contributed by atoms with Gasteiger partial charge < -0.3 is 20.1 Å². The van der Waals surface area contributed by atoms with Crippen molar-refractivity contribution in [2.75, 3.05) is 63.2 Å². The predicted molar refractivity (Wildman–Crippen MR) is 126 cm³/mol. The number of thiol groups is 1. The van der Waals surface area contributed by atoms with Gasteiger partial charge in [0.05, 0.1) is 31.3 Å². The molecule has 0 atom stereocenters. The molecule has 1 aliphatic heterocycles. The number of esters is 1. The summed E-state index contributed by atoms with van der Waals surface area (Å²) in [5.74, 6) is 1.38. The highest BCUT2D eigenvalue weighted by Gasteiger charge is 2.17. The van der Waals surface area contributed by atoms with Gasteiger partial charge in [0.1, 0.15) is 12.4 Å². The zero-order chi connectivity index (χ0) is 22.6. The van der Waals surface area contributed by atoms with Gasteiger partial charge in [-0.25, -0.2) is 9.97 Å². The third-order valence-corrected chi connectivity index (χ3v) is 4.91. The van der Waals surface area contributed by atoms with Crippen molar-refractivity contribution in [3.8, 4) is 0 Å². The lowest BCUT2D eigenvalue weighted by Crippen LogP contribution is -2.39. The van der Waals surface area contributed by atoms with Crippen LogP contribution in [0, 0.1) is 0 Å². The smallest absolute Gasteiger partial charge is 0.325 e. The van der Waals surface area contributed by atoms with Gasteiger partial charge in [-0.05, 0) is 19.1 Å². The molecule has 2 N–H and O–H groups in total. The van der Waals surface area contributed by atoms with Crippen LogP contribution in [0.3, 0.4) is 0 Å². The summed E-state index contributed by atoms with van der Waals surface area (Å²) >= 11 is 4.32. The first-order valence-corrected chi connectivity index (χ1v) is 11.2. The molecule has 3 rings (SSSR count). The van der Waals surface area contributed by atoms with E-state index >= 15 is 0 Å². The Hall–Kier alpha value is -2.76. The average Bonchev–Trinajstić information content (AvgIpc) is 2.83. The van der Waals surface area contributed by atoms with Gasteiger partial charge in [0.2, 0.25) is 0 Å². The molecule has 0 radical (unpaired) electrons. The third kappa shape index (κ3) is 7.43. The maximum absolute atomic E-state index is 11.9. The fourth-order valence-electron chi connectivity index (χ4n) is 3.04. The quantitative estimate of drug-likeness (QED) is 0.267. The van der Waals surface area contributed by atoms with Gasteiger partial charge in [-0.3, -0.25) is 9.69 Å². The number of nitrogens with one attached hydrogen (secondary N) is 2. The van der Waals surface area contributed by atoms with Crippen LogP contribution in [-0.4, -0.2) is 73.4 Å². The minimum atomic E-state index is -0.383. The molecule has 2 heterocycles. The normalized spacial score (nSPS) is 14.4. The molecule has 0 bridgehead atoms. The molecule has 1 saturated heterocycles. The number of anilines is 2. The molecule has 1 aromatic carbocycles. The molecule has 0 unspecified atom stereocenters. The summed E-state index contributed by atoms with van der Waals surface area (Å²) < 4.78 is 10.4. The van der Waals surface area contributed by atoms with Crippen LogP contribution < -0.4 is 10.6 Å². The number of ether oxygens (including phenoxy) is 2. The van der Waals surface area contributed by atoms with Gasteiger partial charge in [-0.1, -0.05) is 18.2 Å². The van der Waals surface area contributed by atoms with Gasteiger partial charge in [-0.2, -0.15) is 17.7 Å². The molecule has 172 valence electrons. The molecule has 0 spiro atoms. The standard InChI is InChI=1S/C21H29N7O3S/c1-2-31-18(29)14-23-21-19(27-26-16-6-4-3-5-7-16)20(24-17(15-32)25-21)22-8-9-28-10-12-30-13-11-28/h3-7,32H,2,8-15H2,1H3,(H2,22,23,24,25). The SMILES string of the molecule is CCOC(=O)CNc1nc(CS)nc(NCCN2CCOCC2)c1N=Nc1ccccc1. The summed E-state index contributed by atoms with van der Waals surface area (Å²) in [6.07, 6.45) is 0. The molecule has 32 heavy (non-hydrogen) atoms. The fraction of sp³-hybridized carbons (Fsp3) is 0.476. The topological polar surface area (TPSA) is 113 Å². The zero-order valence-electron chi connectivity index (χ0n) is 18.2. The lowest BCUT2D eigenvalue weighted by Gasteiger charge is -2.26. The predicted octanol–water partition coefficient (Wildman–Crippen LogP) is 3.04. The maximum atomic E-state index is 11.9. The van der Waals surface area contributed by atoms with Crippen molar-refractivity contribution >= 4 is 41.6 Å². The first-order chi connectivity index (χ1) is 15.7. The minimum absolute atomic E-state index is 0.0437. The van der Waals surface area contributed by atoms with E-state index in [9.17, 15) is 4.79 Å². The molecule has 1 aromatic heterocycles. The summed E-state index contributed by atoms with van der Waals surface area (Å²) in [5.41, 5.74) is 1.12. The van der Waals surface area contributed by atoms with Crippen molar-refractivity contribution in [2.24, 2.45) is 10.2 Å². The Kier molecular flexibility index (Phi) is 9.66. The van der Waals surface area contributed by atoms with E-state index in [1.807, 2.05) is 30.3 Å². The van der Waals surface area contributed by atoms with Crippen LogP contribution in [-0.2, 0) is 20.0 Å². The van der Waals surface area contributed by atoms with Crippen LogP contribution in [0.2, 0.25) is 0 Å². The number of azo groups is 1. The van der Waals surface area contributed by atoms with Crippen molar-refractivity contribution in [3.05, 3.63) is 36.2 Å². The Bertz CT molecular complexity index is 892. The largest absolute Gasteiger partial charge is 0.465 e. The molecule has 2 aromatic rings. The van der Waals surface area contributed by atoms with E-state index in [2.05, 4.69) is 48.4 Å². The lowest BCUT2D eigenvalue weighted by molar-refractivity contribution is -0.140. The molecule has 11 heteroatoms. The Labute approximate surface area is 193 Å².